The normalized spacial score (nSPS) is 26.2. The Bertz CT molecular complexity index is 510. The van der Waals surface area contributed by atoms with Gasteiger partial charge in [-0.05, 0) is 32.9 Å². The lowest BCUT2D eigenvalue weighted by atomic mass is 10.2. The molecule has 0 spiro atoms. The molecule has 1 saturated heterocycles. The third-order valence-electron chi connectivity index (χ3n) is 3.45. The molecule has 1 aliphatic rings. The molecule has 1 heterocycles. The molecule has 0 aromatic heterocycles. The van der Waals surface area contributed by atoms with E-state index in [9.17, 15) is 8.42 Å². The minimum absolute atomic E-state index is 0.0704. The molecule has 0 aliphatic carbocycles. The molecule has 0 radical (unpaired) electrons. The molecule has 2 atom stereocenters. The zero-order valence-corrected chi connectivity index (χ0v) is 11.8. The smallest absolute Gasteiger partial charge is 0.243 e. The highest BCUT2D eigenvalue weighted by atomic mass is 32.2. The van der Waals surface area contributed by atoms with Crippen molar-refractivity contribution < 1.29 is 13.2 Å². The maximum absolute atomic E-state index is 12.5. The Morgan fingerprint density at radius 3 is 2.44 bits per heavy atom. The molecule has 5 heteroatoms. The Morgan fingerprint density at radius 1 is 1.22 bits per heavy atom. The third kappa shape index (κ3) is 2.43. The Labute approximate surface area is 109 Å². The molecule has 1 aromatic rings. The summed E-state index contributed by atoms with van der Waals surface area (Å²) in [4.78, 5) is 0.356. The summed E-state index contributed by atoms with van der Waals surface area (Å²) in [5.41, 5.74) is 1.05. The molecule has 0 saturated carbocycles. The predicted molar refractivity (Wildman–Crippen MR) is 69.9 cm³/mol. The predicted octanol–water partition coefficient (Wildman–Crippen LogP) is 1.79. The van der Waals surface area contributed by atoms with E-state index in [-0.39, 0.29) is 12.1 Å². The van der Waals surface area contributed by atoms with Crippen LogP contribution in [0.1, 0.15) is 19.4 Å². The van der Waals surface area contributed by atoms with Gasteiger partial charge in [-0.25, -0.2) is 8.42 Å². The highest BCUT2D eigenvalue weighted by Gasteiger charge is 2.34. The van der Waals surface area contributed by atoms with Crippen LogP contribution in [0.25, 0.3) is 0 Å². The number of rotatable bonds is 2. The zero-order valence-electron chi connectivity index (χ0n) is 11.0. The Kier molecular flexibility index (Phi) is 3.75. The van der Waals surface area contributed by atoms with Crippen molar-refractivity contribution in [2.24, 2.45) is 0 Å². The quantitative estimate of drug-likeness (QED) is 0.822. The molecule has 4 nitrogen and oxygen atoms in total. The SMILES string of the molecule is Cc1ccc(S(=O)(=O)N2CCOC(C)C2C)cc1. The van der Waals surface area contributed by atoms with Gasteiger partial charge >= 0.3 is 0 Å². The van der Waals surface area contributed by atoms with Crippen molar-refractivity contribution in [1.29, 1.82) is 0 Å². The molecule has 2 unspecified atom stereocenters. The molecule has 0 amide bonds. The van der Waals surface area contributed by atoms with E-state index in [2.05, 4.69) is 0 Å². The molecule has 1 aromatic carbocycles. The van der Waals surface area contributed by atoms with E-state index in [0.717, 1.165) is 5.56 Å². The highest BCUT2D eigenvalue weighted by molar-refractivity contribution is 7.89. The van der Waals surface area contributed by atoms with Crippen LogP contribution in [0.3, 0.4) is 0 Å². The number of aryl methyl sites for hydroxylation is 1. The van der Waals surface area contributed by atoms with E-state index in [1.165, 1.54) is 4.31 Å². The molecule has 1 aliphatic heterocycles. The van der Waals surface area contributed by atoms with Crippen molar-refractivity contribution in [3.8, 4) is 0 Å². The van der Waals surface area contributed by atoms with Crippen LogP contribution in [0.2, 0.25) is 0 Å². The van der Waals surface area contributed by atoms with Gasteiger partial charge in [0.2, 0.25) is 10.0 Å². The van der Waals surface area contributed by atoms with Gasteiger partial charge in [0.1, 0.15) is 0 Å². The van der Waals surface area contributed by atoms with E-state index in [1.54, 1.807) is 12.1 Å². The largest absolute Gasteiger partial charge is 0.375 e. The van der Waals surface area contributed by atoms with E-state index in [0.29, 0.717) is 18.0 Å². The third-order valence-corrected chi connectivity index (χ3v) is 5.45. The lowest BCUT2D eigenvalue weighted by molar-refractivity contribution is -0.0232. The fourth-order valence-corrected chi connectivity index (χ4v) is 3.77. The second kappa shape index (κ2) is 4.99. The van der Waals surface area contributed by atoms with Crippen LogP contribution in [0.5, 0.6) is 0 Å². The summed E-state index contributed by atoms with van der Waals surface area (Å²) in [6.07, 6.45) is -0.0704. The Hall–Kier alpha value is -0.910. The van der Waals surface area contributed by atoms with Crippen LogP contribution in [0, 0.1) is 6.92 Å². The van der Waals surface area contributed by atoms with Crippen LogP contribution in [0.15, 0.2) is 29.2 Å². The molecule has 1 fully saturated rings. The van der Waals surface area contributed by atoms with Crippen LogP contribution in [-0.2, 0) is 14.8 Å². The molecule has 0 bridgehead atoms. The summed E-state index contributed by atoms with van der Waals surface area (Å²) in [5, 5.41) is 0. The standard InChI is InChI=1S/C13H19NO3S/c1-10-4-6-13(7-5-10)18(15,16)14-8-9-17-12(3)11(14)2/h4-7,11-12H,8-9H2,1-3H3. The van der Waals surface area contributed by atoms with Gasteiger partial charge in [0.05, 0.1) is 17.6 Å². The van der Waals surface area contributed by atoms with E-state index >= 15 is 0 Å². The summed E-state index contributed by atoms with van der Waals surface area (Å²) in [5.74, 6) is 0. The summed E-state index contributed by atoms with van der Waals surface area (Å²) in [6, 6.07) is 6.84. The van der Waals surface area contributed by atoms with Gasteiger partial charge in [0.25, 0.3) is 0 Å². The number of nitrogens with zero attached hydrogens (tertiary/aromatic N) is 1. The summed E-state index contributed by atoms with van der Waals surface area (Å²) >= 11 is 0. The second-order valence-electron chi connectivity index (χ2n) is 4.75. The average Bonchev–Trinajstić information content (AvgIpc) is 2.33. The minimum atomic E-state index is -3.41. The van der Waals surface area contributed by atoms with Gasteiger partial charge in [0, 0.05) is 12.6 Å². The number of benzene rings is 1. The van der Waals surface area contributed by atoms with Crippen LogP contribution in [-0.4, -0.2) is 38.0 Å². The fraction of sp³-hybridized carbons (Fsp3) is 0.538. The Balaban J connectivity index is 2.33. The van der Waals surface area contributed by atoms with Crippen molar-refractivity contribution in [3.05, 3.63) is 29.8 Å². The van der Waals surface area contributed by atoms with Crippen LogP contribution >= 0.6 is 0 Å². The number of sulfonamides is 1. The van der Waals surface area contributed by atoms with Crippen LogP contribution < -0.4 is 0 Å². The molecule has 2 rings (SSSR count). The van der Waals surface area contributed by atoms with Gasteiger partial charge < -0.3 is 4.74 Å². The van der Waals surface area contributed by atoms with Gasteiger partial charge in [-0.15, -0.1) is 0 Å². The van der Waals surface area contributed by atoms with E-state index < -0.39 is 10.0 Å². The summed E-state index contributed by atoms with van der Waals surface area (Å²) < 4.78 is 32.0. The van der Waals surface area contributed by atoms with Crippen molar-refractivity contribution >= 4 is 10.0 Å². The topological polar surface area (TPSA) is 46.6 Å². The molecule has 100 valence electrons. The van der Waals surface area contributed by atoms with Crippen LogP contribution in [0.4, 0.5) is 0 Å². The van der Waals surface area contributed by atoms with Gasteiger partial charge in [-0.1, -0.05) is 17.7 Å². The average molecular weight is 269 g/mol. The highest BCUT2D eigenvalue weighted by Crippen LogP contribution is 2.23. The Morgan fingerprint density at radius 2 is 1.83 bits per heavy atom. The number of ether oxygens (including phenoxy) is 1. The monoisotopic (exact) mass is 269 g/mol. The van der Waals surface area contributed by atoms with Crippen molar-refractivity contribution in [2.45, 2.75) is 37.8 Å². The van der Waals surface area contributed by atoms with Gasteiger partial charge in [0.15, 0.2) is 0 Å². The maximum atomic E-state index is 12.5. The van der Waals surface area contributed by atoms with E-state index in [4.69, 9.17) is 4.74 Å². The molecular weight excluding hydrogens is 250 g/mol. The maximum Gasteiger partial charge on any atom is 0.243 e. The molecular formula is C13H19NO3S. The molecule has 0 N–H and O–H groups in total. The number of morpholine rings is 1. The first-order chi connectivity index (χ1) is 8.43. The van der Waals surface area contributed by atoms with Crippen molar-refractivity contribution in [2.75, 3.05) is 13.2 Å². The number of hydrogen-bond donors (Lipinski definition) is 0. The first-order valence-electron chi connectivity index (χ1n) is 6.13. The van der Waals surface area contributed by atoms with Gasteiger partial charge in [-0.2, -0.15) is 4.31 Å². The number of hydrogen-bond acceptors (Lipinski definition) is 3. The lowest BCUT2D eigenvalue weighted by Crippen LogP contribution is -2.51. The first kappa shape index (κ1) is 13.5. The van der Waals surface area contributed by atoms with Gasteiger partial charge in [-0.3, -0.25) is 0 Å². The van der Waals surface area contributed by atoms with Crippen molar-refractivity contribution in [3.63, 3.8) is 0 Å². The minimum Gasteiger partial charge on any atom is -0.375 e. The molecule has 18 heavy (non-hydrogen) atoms. The van der Waals surface area contributed by atoms with Crippen molar-refractivity contribution in [1.82, 2.24) is 4.31 Å². The fourth-order valence-electron chi connectivity index (χ4n) is 2.09. The lowest BCUT2D eigenvalue weighted by Gasteiger charge is -2.36. The summed E-state index contributed by atoms with van der Waals surface area (Å²) in [7, 11) is -3.41. The van der Waals surface area contributed by atoms with E-state index in [1.807, 2.05) is 32.9 Å². The second-order valence-corrected chi connectivity index (χ2v) is 6.64. The summed E-state index contributed by atoms with van der Waals surface area (Å²) in [6.45, 7) is 6.60. The first-order valence-corrected chi connectivity index (χ1v) is 7.57. The zero-order chi connectivity index (χ0) is 13.3.